The zero-order valence-electron chi connectivity index (χ0n) is 14.1. The second-order valence-corrected chi connectivity index (χ2v) is 7.05. The number of carbonyl (C=O) groups is 1. The average molecular weight is 316 g/mol. The summed E-state index contributed by atoms with van der Waals surface area (Å²) < 4.78 is 2.04. The fourth-order valence-corrected chi connectivity index (χ4v) is 2.69. The van der Waals surface area contributed by atoms with Gasteiger partial charge in [-0.05, 0) is 52.2 Å². The van der Waals surface area contributed by atoms with Crippen molar-refractivity contribution in [2.24, 2.45) is 5.92 Å². The van der Waals surface area contributed by atoms with Crippen LogP contribution in [0.3, 0.4) is 0 Å². The molecule has 1 saturated carbocycles. The van der Waals surface area contributed by atoms with Gasteiger partial charge >= 0.3 is 0 Å². The summed E-state index contributed by atoms with van der Waals surface area (Å²) in [5.41, 5.74) is 1.46. The summed E-state index contributed by atoms with van der Waals surface area (Å²) in [4.78, 5) is 21.6. The Hall–Kier alpha value is -1.95. The number of amides is 1. The van der Waals surface area contributed by atoms with Crippen LogP contribution in [0.1, 0.15) is 51.8 Å². The second kappa shape index (κ2) is 5.60. The van der Waals surface area contributed by atoms with Crippen LogP contribution >= 0.6 is 0 Å². The number of aliphatic hydroxyl groups is 1. The first kappa shape index (κ1) is 15.9. The minimum absolute atomic E-state index is 0.231. The van der Waals surface area contributed by atoms with Gasteiger partial charge < -0.3 is 5.11 Å². The van der Waals surface area contributed by atoms with Gasteiger partial charge in [-0.1, -0.05) is 6.92 Å². The Labute approximate surface area is 135 Å². The van der Waals surface area contributed by atoms with Gasteiger partial charge in [-0.3, -0.25) is 14.7 Å². The summed E-state index contributed by atoms with van der Waals surface area (Å²) in [5.74, 6) is -0.235. The van der Waals surface area contributed by atoms with Gasteiger partial charge in [0.25, 0.3) is 0 Å². The molecule has 2 aromatic heterocycles. The number of fused-ring (bicyclic) bond motifs is 1. The van der Waals surface area contributed by atoms with Gasteiger partial charge in [-0.2, -0.15) is 0 Å². The number of aryl methyl sites for hydroxylation is 1. The van der Waals surface area contributed by atoms with Crippen LogP contribution < -0.4 is 5.32 Å². The summed E-state index contributed by atoms with van der Waals surface area (Å²) in [7, 11) is 0. The third-order valence-electron chi connectivity index (χ3n) is 4.80. The molecule has 1 fully saturated rings. The largest absolute Gasteiger partial charge is 0.390 e. The number of aromatic nitrogens is 3. The van der Waals surface area contributed by atoms with Crippen LogP contribution in [0.5, 0.6) is 0 Å². The van der Waals surface area contributed by atoms with E-state index in [9.17, 15) is 9.90 Å². The standard InChI is InChI=1S/C17H24N4O2/c1-10-8-9-13-14(18-10)21(12-6-5-7-12)16(19-13)20-15(22)11(2)17(3,4)23/h8-9,11-12,23H,5-7H2,1-4H3,(H,19,20,22)/t11-/m1/s1. The molecule has 23 heavy (non-hydrogen) atoms. The highest BCUT2D eigenvalue weighted by Gasteiger charge is 2.31. The number of rotatable bonds is 4. The number of carbonyl (C=O) groups excluding carboxylic acids is 1. The van der Waals surface area contributed by atoms with E-state index in [1.165, 1.54) is 6.42 Å². The first-order valence-electron chi connectivity index (χ1n) is 8.16. The maximum atomic E-state index is 12.4. The Morgan fingerprint density at radius 2 is 2.09 bits per heavy atom. The van der Waals surface area contributed by atoms with Crippen LogP contribution in [0.4, 0.5) is 5.95 Å². The van der Waals surface area contributed by atoms with E-state index in [-0.39, 0.29) is 5.91 Å². The van der Waals surface area contributed by atoms with Gasteiger partial charge in [0.1, 0.15) is 5.52 Å². The topological polar surface area (TPSA) is 80.0 Å². The van der Waals surface area contributed by atoms with Gasteiger partial charge in [-0.15, -0.1) is 0 Å². The van der Waals surface area contributed by atoms with Gasteiger partial charge in [0, 0.05) is 11.7 Å². The van der Waals surface area contributed by atoms with Crippen molar-refractivity contribution in [2.75, 3.05) is 5.32 Å². The molecule has 2 N–H and O–H groups in total. The predicted octanol–water partition coefficient (Wildman–Crippen LogP) is 2.81. The Morgan fingerprint density at radius 1 is 1.39 bits per heavy atom. The minimum atomic E-state index is -1.08. The summed E-state index contributed by atoms with van der Waals surface area (Å²) in [6.07, 6.45) is 3.33. The summed E-state index contributed by atoms with van der Waals surface area (Å²) in [6, 6.07) is 4.19. The molecule has 0 aromatic carbocycles. The lowest BCUT2D eigenvalue weighted by Gasteiger charge is -2.29. The molecule has 3 rings (SSSR count). The Balaban J connectivity index is 1.98. The van der Waals surface area contributed by atoms with E-state index in [4.69, 9.17) is 0 Å². The van der Waals surface area contributed by atoms with Crippen LogP contribution in [-0.2, 0) is 4.79 Å². The van der Waals surface area contributed by atoms with Gasteiger partial charge in [0.05, 0.1) is 11.5 Å². The molecule has 6 nitrogen and oxygen atoms in total. The SMILES string of the molecule is Cc1ccc2nc(NC(=O)[C@@H](C)C(C)(C)O)n(C3CCC3)c2n1. The summed E-state index contributed by atoms with van der Waals surface area (Å²) >= 11 is 0. The maximum absolute atomic E-state index is 12.4. The lowest BCUT2D eigenvalue weighted by Crippen LogP contribution is -2.38. The summed E-state index contributed by atoms with van der Waals surface area (Å²) in [6.45, 7) is 6.94. The van der Waals surface area contributed by atoms with Crippen LogP contribution in [0.15, 0.2) is 12.1 Å². The molecule has 0 aliphatic heterocycles. The second-order valence-electron chi connectivity index (χ2n) is 7.05. The van der Waals surface area contributed by atoms with Crippen LogP contribution in [0.25, 0.3) is 11.2 Å². The lowest BCUT2D eigenvalue weighted by molar-refractivity contribution is -0.126. The van der Waals surface area contributed by atoms with E-state index in [0.29, 0.717) is 12.0 Å². The smallest absolute Gasteiger partial charge is 0.232 e. The molecule has 1 amide bonds. The fraction of sp³-hybridized carbons (Fsp3) is 0.588. The molecule has 0 spiro atoms. The van der Waals surface area contributed by atoms with E-state index in [2.05, 4.69) is 15.3 Å². The minimum Gasteiger partial charge on any atom is -0.390 e. The highest BCUT2D eigenvalue weighted by molar-refractivity contribution is 5.93. The molecule has 1 aliphatic carbocycles. The number of hydrogen-bond donors (Lipinski definition) is 2. The molecular weight excluding hydrogens is 292 g/mol. The monoisotopic (exact) mass is 316 g/mol. The lowest BCUT2D eigenvalue weighted by atomic mass is 9.92. The highest BCUT2D eigenvalue weighted by atomic mass is 16.3. The molecule has 0 unspecified atom stereocenters. The van der Waals surface area contributed by atoms with E-state index >= 15 is 0 Å². The van der Waals surface area contributed by atoms with Crippen molar-refractivity contribution in [1.82, 2.24) is 14.5 Å². The fourth-order valence-electron chi connectivity index (χ4n) is 2.69. The van der Waals surface area contributed by atoms with Crippen LogP contribution in [0, 0.1) is 12.8 Å². The molecular formula is C17H24N4O2. The molecule has 6 heteroatoms. The number of anilines is 1. The molecule has 124 valence electrons. The first-order valence-corrected chi connectivity index (χ1v) is 8.16. The zero-order chi connectivity index (χ0) is 16.8. The van der Waals surface area contributed by atoms with Gasteiger partial charge in [0.15, 0.2) is 5.65 Å². The first-order chi connectivity index (χ1) is 10.8. The van der Waals surface area contributed by atoms with Crippen molar-refractivity contribution in [2.45, 2.75) is 58.6 Å². The Morgan fingerprint density at radius 3 is 2.65 bits per heavy atom. The number of nitrogens with zero attached hydrogens (tertiary/aromatic N) is 3. The number of imidazole rings is 1. The van der Waals surface area contributed by atoms with E-state index in [0.717, 1.165) is 29.7 Å². The normalized spacial score (nSPS) is 17.1. The third kappa shape index (κ3) is 2.95. The average Bonchev–Trinajstić information content (AvgIpc) is 2.73. The highest BCUT2D eigenvalue weighted by Crippen LogP contribution is 2.36. The molecule has 1 aliphatic rings. The van der Waals surface area contributed by atoms with Crippen molar-refractivity contribution in [3.63, 3.8) is 0 Å². The third-order valence-corrected chi connectivity index (χ3v) is 4.80. The number of pyridine rings is 1. The Bertz CT molecular complexity index is 741. The van der Waals surface area contributed by atoms with Crippen molar-refractivity contribution in [3.8, 4) is 0 Å². The van der Waals surface area contributed by atoms with Crippen molar-refractivity contribution in [3.05, 3.63) is 17.8 Å². The van der Waals surface area contributed by atoms with Crippen LogP contribution in [0.2, 0.25) is 0 Å². The molecule has 2 aromatic rings. The van der Waals surface area contributed by atoms with Crippen molar-refractivity contribution in [1.29, 1.82) is 0 Å². The molecule has 2 heterocycles. The predicted molar refractivity (Wildman–Crippen MR) is 89.2 cm³/mol. The molecule has 0 saturated heterocycles. The zero-order valence-corrected chi connectivity index (χ0v) is 14.1. The van der Waals surface area contributed by atoms with Crippen LogP contribution in [-0.4, -0.2) is 31.1 Å². The van der Waals surface area contributed by atoms with Crippen molar-refractivity contribution >= 4 is 23.0 Å². The van der Waals surface area contributed by atoms with E-state index < -0.39 is 11.5 Å². The van der Waals surface area contributed by atoms with E-state index in [1.807, 2.05) is 23.6 Å². The summed E-state index contributed by atoms with van der Waals surface area (Å²) in [5, 5.41) is 12.9. The molecule has 0 radical (unpaired) electrons. The molecule has 1 atom stereocenters. The van der Waals surface area contributed by atoms with Crippen molar-refractivity contribution < 1.29 is 9.90 Å². The van der Waals surface area contributed by atoms with Gasteiger partial charge in [-0.25, -0.2) is 9.97 Å². The van der Waals surface area contributed by atoms with E-state index in [1.54, 1.807) is 20.8 Å². The number of nitrogens with one attached hydrogen (secondary N) is 1. The maximum Gasteiger partial charge on any atom is 0.232 e. The van der Waals surface area contributed by atoms with Gasteiger partial charge in [0.2, 0.25) is 11.9 Å². The Kier molecular flexibility index (Phi) is 3.88. The quantitative estimate of drug-likeness (QED) is 0.909. The molecule has 0 bridgehead atoms. The number of hydrogen-bond acceptors (Lipinski definition) is 4.